The third-order valence-electron chi connectivity index (χ3n) is 3.20. The Hall–Kier alpha value is -1.64. The smallest absolute Gasteiger partial charge is 0.277 e. The maximum atomic E-state index is 12.2. The Morgan fingerprint density at radius 3 is 2.52 bits per heavy atom. The van der Waals surface area contributed by atoms with Crippen molar-refractivity contribution >= 4 is 55.2 Å². The Labute approximate surface area is 165 Å². The van der Waals surface area contributed by atoms with E-state index >= 15 is 0 Å². The predicted octanol–water partition coefficient (Wildman–Crippen LogP) is 5.30. The number of hydrogen-bond donors (Lipinski definition) is 1. The Morgan fingerprint density at radius 1 is 1.16 bits per heavy atom. The quantitative estimate of drug-likeness (QED) is 0.499. The molecule has 3 aromatic rings. The molecule has 2 aromatic carbocycles. The highest BCUT2D eigenvalue weighted by Gasteiger charge is 2.13. The number of carbonyl (C=O) groups is 1. The molecule has 5 nitrogen and oxygen atoms in total. The number of thioether (sulfide) groups is 1. The second-order valence-corrected chi connectivity index (χ2v) is 7.81. The molecule has 0 atom stereocenters. The van der Waals surface area contributed by atoms with Gasteiger partial charge in [-0.1, -0.05) is 30.0 Å². The molecule has 0 saturated heterocycles. The first-order chi connectivity index (χ1) is 12.0. The SMILES string of the molecule is Cc1cc(Br)c(NC(=O)CSc2nnc(-c3ccccc3)o2)c(Br)c1. The van der Waals surface area contributed by atoms with Gasteiger partial charge < -0.3 is 9.73 Å². The molecule has 0 aliphatic rings. The number of rotatable bonds is 5. The fourth-order valence-electron chi connectivity index (χ4n) is 2.09. The number of nitrogens with zero attached hydrogens (tertiary/aromatic N) is 2. The van der Waals surface area contributed by atoms with Crippen LogP contribution in [0.4, 0.5) is 5.69 Å². The Bertz CT molecular complexity index is 877. The van der Waals surface area contributed by atoms with Crippen LogP contribution in [0, 0.1) is 6.92 Å². The second kappa shape index (κ2) is 8.16. The number of aromatic nitrogens is 2. The van der Waals surface area contributed by atoms with Crippen LogP contribution in [0.2, 0.25) is 0 Å². The van der Waals surface area contributed by atoms with E-state index in [4.69, 9.17) is 4.42 Å². The zero-order chi connectivity index (χ0) is 17.8. The van der Waals surface area contributed by atoms with Crippen LogP contribution in [-0.2, 0) is 4.79 Å². The maximum absolute atomic E-state index is 12.2. The summed E-state index contributed by atoms with van der Waals surface area (Å²) >= 11 is 8.11. The van der Waals surface area contributed by atoms with E-state index in [-0.39, 0.29) is 11.7 Å². The highest BCUT2D eigenvalue weighted by molar-refractivity contribution is 9.11. The monoisotopic (exact) mass is 481 g/mol. The number of aryl methyl sites for hydroxylation is 1. The average molecular weight is 483 g/mol. The summed E-state index contributed by atoms with van der Waals surface area (Å²) in [6, 6.07) is 13.4. The molecular weight excluding hydrogens is 470 g/mol. The molecule has 1 N–H and O–H groups in total. The van der Waals surface area contributed by atoms with Gasteiger partial charge in [0.25, 0.3) is 5.22 Å². The van der Waals surface area contributed by atoms with Crippen LogP contribution in [0.15, 0.2) is 61.0 Å². The zero-order valence-electron chi connectivity index (χ0n) is 13.1. The third-order valence-corrected chi connectivity index (χ3v) is 5.27. The van der Waals surface area contributed by atoms with E-state index < -0.39 is 0 Å². The van der Waals surface area contributed by atoms with Crippen LogP contribution in [0.5, 0.6) is 0 Å². The summed E-state index contributed by atoms with van der Waals surface area (Å²) in [6.45, 7) is 1.98. The van der Waals surface area contributed by atoms with Crippen molar-refractivity contribution in [2.75, 3.05) is 11.1 Å². The van der Waals surface area contributed by atoms with Gasteiger partial charge in [-0.05, 0) is 68.6 Å². The summed E-state index contributed by atoms with van der Waals surface area (Å²) in [7, 11) is 0. The van der Waals surface area contributed by atoms with Gasteiger partial charge in [0.1, 0.15) is 0 Å². The van der Waals surface area contributed by atoms with Crippen LogP contribution in [0.1, 0.15) is 5.56 Å². The van der Waals surface area contributed by atoms with Crippen molar-refractivity contribution in [3.05, 3.63) is 57.0 Å². The van der Waals surface area contributed by atoms with E-state index in [0.717, 1.165) is 20.1 Å². The minimum absolute atomic E-state index is 0.158. The van der Waals surface area contributed by atoms with Crippen LogP contribution < -0.4 is 5.32 Å². The van der Waals surface area contributed by atoms with Crippen molar-refractivity contribution in [2.24, 2.45) is 0 Å². The number of benzene rings is 2. The lowest BCUT2D eigenvalue weighted by molar-refractivity contribution is -0.113. The molecule has 0 unspecified atom stereocenters. The average Bonchev–Trinajstić information content (AvgIpc) is 3.06. The molecule has 0 spiro atoms. The largest absolute Gasteiger partial charge is 0.411 e. The number of hydrogen-bond acceptors (Lipinski definition) is 5. The Morgan fingerprint density at radius 2 is 1.84 bits per heavy atom. The molecule has 0 aliphatic heterocycles. The van der Waals surface area contributed by atoms with E-state index in [1.54, 1.807) is 0 Å². The molecule has 0 fully saturated rings. The molecule has 3 rings (SSSR count). The summed E-state index contributed by atoms with van der Waals surface area (Å²) < 4.78 is 7.22. The molecule has 0 radical (unpaired) electrons. The maximum Gasteiger partial charge on any atom is 0.277 e. The van der Waals surface area contributed by atoms with Crippen molar-refractivity contribution in [3.63, 3.8) is 0 Å². The summed E-state index contributed by atoms with van der Waals surface area (Å²) in [5, 5.41) is 11.2. The van der Waals surface area contributed by atoms with Gasteiger partial charge in [0.2, 0.25) is 11.8 Å². The number of halogens is 2. The summed E-state index contributed by atoms with van der Waals surface area (Å²) in [5.41, 5.74) is 2.64. The molecule has 1 heterocycles. The van der Waals surface area contributed by atoms with Gasteiger partial charge in [-0.15, -0.1) is 10.2 Å². The standard InChI is InChI=1S/C17H13Br2N3O2S/c1-10-7-12(18)15(13(19)8-10)20-14(23)9-25-17-22-21-16(24-17)11-5-3-2-4-6-11/h2-8H,9H2,1H3,(H,20,23). The van der Waals surface area contributed by atoms with Crippen LogP contribution in [0.3, 0.4) is 0 Å². The minimum atomic E-state index is -0.158. The normalized spacial score (nSPS) is 10.7. The van der Waals surface area contributed by atoms with E-state index in [0.29, 0.717) is 16.8 Å². The van der Waals surface area contributed by atoms with Crippen molar-refractivity contribution in [1.29, 1.82) is 0 Å². The minimum Gasteiger partial charge on any atom is -0.411 e. The van der Waals surface area contributed by atoms with Gasteiger partial charge in [-0.3, -0.25) is 4.79 Å². The fourth-order valence-corrected chi connectivity index (χ4v) is 4.26. The van der Waals surface area contributed by atoms with Crippen LogP contribution in [0.25, 0.3) is 11.5 Å². The van der Waals surface area contributed by atoms with Crippen molar-refractivity contribution in [2.45, 2.75) is 12.1 Å². The van der Waals surface area contributed by atoms with Gasteiger partial charge in [-0.2, -0.15) is 0 Å². The van der Waals surface area contributed by atoms with Gasteiger partial charge in [0.15, 0.2) is 0 Å². The van der Waals surface area contributed by atoms with Crippen LogP contribution in [-0.4, -0.2) is 21.9 Å². The summed E-state index contributed by atoms with van der Waals surface area (Å²) in [4.78, 5) is 12.2. The predicted molar refractivity (Wildman–Crippen MR) is 106 cm³/mol. The van der Waals surface area contributed by atoms with Crippen molar-refractivity contribution in [3.8, 4) is 11.5 Å². The highest BCUT2D eigenvalue weighted by atomic mass is 79.9. The zero-order valence-corrected chi connectivity index (χ0v) is 17.1. The summed E-state index contributed by atoms with van der Waals surface area (Å²) in [5.74, 6) is 0.450. The van der Waals surface area contributed by atoms with Crippen LogP contribution >= 0.6 is 43.6 Å². The molecule has 8 heteroatoms. The lowest BCUT2D eigenvalue weighted by atomic mass is 10.2. The molecule has 0 aliphatic carbocycles. The van der Waals surface area contributed by atoms with E-state index in [9.17, 15) is 4.79 Å². The molecule has 1 amide bonds. The Kier molecular flexibility index (Phi) is 5.93. The topological polar surface area (TPSA) is 68.0 Å². The second-order valence-electron chi connectivity index (χ2n) is 5.18. The van der Waals surface area contributed by atoms with E-state index in [1.807, 2.05) is 49.4 Å². The number of carbonyl (C=O) groups excluding carboxylic acids is 1. The first-order valence-corrected chi connectivity index (χ1v) is 9.87. The first-order valence-electron chi connectivity index (χ1n) is 7.30. The van der Waals surface area contributed by atoms with Gasteiger partial charge in [0, 0.05) is 14.5 Å². The summed E-state index contributed by atoms with van der Waals surface area (Å²) in [6.07, 6.45) is 0. The van der Waals surface area contributed by atoms with Gasteiger partial charge in [-0.25, -0.2) is 0 Å². The fraction of sp³-hybridized carbons (Fsp3) is 0.118. The molecule has 0 bridgehead atoms. The highest BCUT2D eigenvalue weighted by Crippen LogP contribution is 2.32. The van der Waals surface area contributed by atoms with E-state index in [2.05, 4.69) is 47.4 Å². The van der Waals surface area contributed by atoms with Gasteiger partial charge in [0.05, 0.1) is 11.4 Å². The molecule has 1 aromatic heterocycles. The Balaban J connectivity index is 1.61. The third kappa shape index (κ3) is 4.71. The number of nitrogens with one attached hydrogen (secondary N) is 1. The van der Waals surface area contributed by atoms with Gasteiger partial charge >= 0.3 is 0 Å². The van der Waals surface area contributed by atoms with Crippen molar-refractivity contribution in [1.82, 2.24) is 10.2 Å². The molecular formula is C17H13Br2N3O2S. The number of amides is 1. The first kappa shape index (κ1) is 18.2. The van der Waals surface area contributed by atoms with Crippen molar-refractivity contribution < 1.29 is 9.21 Å². The molecule has 25 heavy (non-hydrogen) atoms. The lowest BCUT2D eigenvalue weighted by Crippen LogP contribution is -2.15. The molecule has 128 valence electrons. The van der Waals surface area contributed by atoms with E-state index in [1.165, 1.54) is 11.8 Å². The lowest BCUT2D eigenvalue weighted by Gasteiger charge is -2.10. The molecule has 0 saturated carbocycles. The number of anilines is 1.